The van der Waals surface area contributed by atoms with E-state index < -0.39 is 24.7 Å². The van der Waals surface area contributed by atoms with E-state index in [-0.39, 0.29) is 11.6 Å². The molecule has 0 saturated carbocycles. The second-order valence-corrected chi connectivity index (χ2v) is 12.9. The van der Waals surface area contributed by atoms with E-state index in [0.717, 1.165) is 22.3 Å². The molecule has 4 aliphatic rings. The Labute approximate surface area is 260 Å². The predicted octanol–water partition coefficient (Wildman–Crippen LogP) is 5.71. The largest absolute Gasteiger partial charge is 0.293 e. The molecule has 4 fully saturated rings. The van der Waals surface area contributed by atoms with Gasteiger partial charge in [0.1, 0.15) is 24.7 Å². The first-order valence-electron chi connectivity index (χ1n) is 15.6. The summed E-state index contributed by atoms with van der Waals surface area (Å²) >= 11 is 0. The van der Waals surface area contributed by atoms with Crippen LogP contribution in [0.2, 0.25) is 0 Å². The van der Waals surface area contributed by atoms with E-state index in [2.05, 4.69) is 144 Å². The monoisotopic (exact) mass is 584 g/mol. The van der Waals surface area contributed by atoms with Crippen molar-refractivity contribution in [1.29, 1.82) is 0 Å². The molecule has 0 N–H and O–H groups in total. The number of Topliss-reactive ketones (excluding diaryl/α,β-unsaturated/α-hetero) is 2. The molecule has 0 aromatic heterocycles. The van der Waals surface area contributed by atoms with Crippen LogP contribution in [0.4, 0.5) is 0 Å². The van der Waals surface area contributed by atoms with Crippen LogP contribution in [-0.2, 0) is 35.8 Å². The van der Waals surface area contributed by atoms with Crippen molar-refractivity contribution in [2.45, 2.75) is 78.5 Å². The number of benzene rings is 4. The summed E-state index contributed by atoms with van der Waals surface area (Å²) in [6.07, 6.45) is -1.96. The first kappa shape index (κ1) is 28.8. The maximum Gasteiger partial charge on any atom is 0.196 e. The molecule has 6 nitrogen and oxygen atoms in total. The van der Waals surface area contributed by atoms with Gasteiger partial charge in [-0.15, -0.1) is 0 Å². The normalized spacial score (nSPS) is 24.0. The zero-order valence-electron chi connectivity index (χ0n) is 26.0. The maximum atomic E-state index is 14.9. The number of hydrogen-bond donors (Lipinski definition) is 0. The summed E-state index contributed by atoms with van der Waals surface area (Å²) in [6.45, 7) is 10.5. The molecule has 4 aromatic carbocycles. The number of aryl methyl sites for hydroxylation is 4. The highest BCUT2D eigenvalue weighted by molar-refractivity contribution is 6.00. The lowest BCUT2D eigenvalue weighted by Gasteiger charge is -2.67. The van der Waals surface area contributed by atoms with E-state index in [4.69, 9.17) is 0 Å². The van der Waals surface area contributed by atoms with E-state index in [0.29, 0.717) is 26.2 Å². The van der Waals surface area contributed by atoms with E-state index in [1.807, 2.05) is 0 Å². The second kappa shape index (κ2) is 11.5. The van der Waals surface area contributed by atoms with E-state index in [1.165, 1.54) is 22.3 Å². The summed E-state index contributed by atoms with van der Waals surface area (Å²) < 4.78 is 0. The molecule has 0 aliphatic carbocycles. The van der Waals surface area contributed by atoms with Crippen LogP contribution in [0.3, 0.4) is 0 Å². The molecule has 0 unspecified atom stereocenters. The lowest BCUT2D eigenvalue weighted by molar-refractivity contribution is -0.252. The predicted molar refractivity (Wildman–Crippen MR) is 172 cm³/mol. The molecule has 8 rings (SSSR count). The highest BCUT2D eigenvalue weighted by Crippen LogP contribution is 2.44. The Bertz CT molecular complexity index is 1470. The van der Waals surface area contributed by atoms with Gasteiger partial charge in [0, 0.05) is 26.2 Å². The van der Waals surface area contributed by atoms with Crippen LogP contribution in [0, 0.1) is 27.7 Å². The molecule has 0 amide bonds. The molecule has 4 heterocycles. The second-order valence-electron chi connectivity index (χ2n) is 12.9. The summed E-state index contributed by atoms with van der Waals surface area (Å²) in [5, 5.41) is 0. The Kier molecular flexibility index (Phi) is 7.55. The van der Waals surface area contributed by atoms with Crippen molar-refractivity contribution >= 4 is 11.6 Å². The number of carbonyl (C=O) groups is 2. The van der Waals surface area contributed by atoms with Crippen LogP contribution in [0.1, 0.15) is 44.5 Å². The number of ketones is 2. The van der Waals surface area contributed by atoms with Gasteiger partial charge >= 0.3 is 0 Å². The van der Waals surface area contributed by atoms with Crippen molar-refractivity contribution in [2.75, 3.05) is 0 Å². The van der Waals surface area contributed by atoms with Gasteiger partial charge in [0.05, 0.1) is 0 Å². The number of rotatable bonds is 8. The van der Waals surface area contributed by atoms with Gasteiger partial charge in [-0.05, 0) is 49.9 Å². The van der Waals surface area contributed by atoms with Crippen LogP contribution >= 0.6 is 0 Å². The van der Waals surface area contributed by atoms with Crippen LogP contribution in [0.15, 0.2) is 97.1 Å². The first-order valence-corrected chi connectivity index (χ1v) is 15.6. The zero-order chi connectivity index (χ0) is 30.5. The lowest BCUT2D eigenvalue weighted by Crippen LogP contribution is -2.88. The summed E-state index contributed by atoms with van der Waals surface area (Å²) in [7, 11) is 0. The molecular weight excluding hydrogens is 544 g/mol. The van der Waals surface area contributed by atoms with Crippen molar-refractivity contribution in [2.24, 2.45) is 0 Å². The summed E-state index contributed by atoms with van der Waals surface area (Å²) in [5.41, 5.74) is 9.12. The lowest BCUT2D eigenvalue weighted by atomic mass is 9.87. The molecular formula is C38H40N4O2. The van der Waals surface area contributed by atoms with Gasteiger partial charge in [-0.25, -0.2) is 0 Å². The minimum absolute atomic E-state index is 0.144. The molecule has 4 saturated heterocycles. The molecule has 4 aliphatic heterocycles. The molecule has 0 atom stereocenters. The van der Waals surface area contributed by atoms with E-state index in [1.54, 1.807) is 0 Å². The summed E-state index contributed by atoms with van der Waals surface area (Å²) in [5.74, 6) is 0.288. The van der Waals surface area contributed by atoms with Gasteiger partial charge in [-0.3, -0.25) is 29.2 Å². The van der Waals surface area contributed by atoms with Crippen molar-refractivity contribution in [1.82, 2.24) is 19.6 Å². The third-order valence-corrected chi connectivity index (χ3v) is 9.32. The van der Waals surface area contributed by atoms with Crippen LogP contribution in [-0.4, -0.2) is 55.8 Å². The number of carbonyl (C=O) groups excluding carboxylic acids is 2. The topological polar surface area (TPSA) is 47.1 Å². The van der Waals surface area contributed by atoms with Gasteiger partial charge in [-0.1, -0.05) is 119 Å². The van der Waals surface area contributed by atoms with Gasteiger partial charge in [0.15, 0.2) is 11.6 Å². The molecule has 0 spiro atoms. The van der Waals surface area contributed by atoms with E-state index >= 15 is 0 Å². The molecule has 6 heteroatoms. The molecule has 4 bridgehead atoms. The van der Waals surface area contributed by atoms with Crippen molar-refractivity contribution in [3.63, 3.8) is 0 Å². The number of hydrogen-bond acceptors (Lipinski definition) is 6. The van der Waals surface area contributed by atoms with Crippen molar-refractivity contribution < 1.29 is 9.59 Å². The Balaban J connectivity index is 1.34. The Morgan fingerprint density at radius 3 is 0.841 bits per heavy atom. The third kappa shape index (κ3) is 5.22. The minimum atomic E-state index is -0.490. The van der Waals surface area contributed by atoms with Crippen LogP contribution in [0.5, 0.6) is 0 Å². The van der Waals surface area contributed by atoms with Gasteiger partial charge in [0.25, 0.3) is 0 Å². The standard InChI is InChI=1S/C38H40N4O2/c1-25-9-5-13-29(17-25)21-39-35-33(43)38-41(23-31-15-7-11-27(3)19-31)36(39)34(44)37(40(35)22-30-14-6-10-26(2)18-30)42(38)24-32-16-8-12-28(4)20-32/h5-20,35-38H,21-24H2,1-4H3. The summed E-state index contributed by atoms with van der Waals surface area (Å²) in [4.78, 5) is 38.4. The van der Waals surface area contributed by atoms with Crippen molar-refractivity contribution in [3.05, 3.63) is 142 Å². The third-order valence-electron chi connectivity index (χ3n) is 9.32. The van der Waals surface area contributed by atoms with Crippen molar-refractivity contribution in [3.8, 4) is 0 Å². The molecule has 4 aromatic rings. The molecule has 44 heavy (non-hydrogen) atoms. The van der Waals surface area contributed by atoms with Crippen LogP contribution < -0.4 is 0 Å². The number of nitrogens with zero attached hydrogens (tertiary/aromatic N) is 4. The fourth-order valence-corrected chi connectivity index (χ4v) is 7.65. The molecule has 0 radical (unpaired) electrons. The Morgan fingerprint density at radius 2 is 0.636 bits per heavy atom. The first-order chi connectivity index (χ1) is 21.3. The quantitative estimate of drug-likeness (QED) is 0.264. The average Bonchev–Trinajstić information content (AvgIpc) is 2.96. The van der Waals surface area contributed by atoms with Gasteiger partial charge < -0.3 is 0 Å². The van der Waals surface area contributed by atoms with Crippen LogP contribution in [0.25, 0.3) is 0 Å². The fraction of sp³-hybridized carbons (Fsp3) is 0.316. The highest BCUT2D eigenvalue weighted by Gasteiger charge is 2.66. The fourth-order valence-electron chi connectivity index (χ4n) is 7.65. The SMILES string of the molecule is Cc1cccc(CN2C3C(=O)C4N(Cc5cccc(C)c5)C2C(=O)C(N3Cc2cccc(C)c2)N4Cc2cccc(C)c2)c1. The summed E-state index contributed by atoms with van der Waals surface area (Å²) in [6, 6.07) is 33.7. The average molecular weight is 585 g/mol. The smallest absolute Gasteiger partial charge is 0.196 e. The van der Waals surface area contributed by atoms with Gasteiger partial charge in [-0.2, -0.15) is 0 Å². The maximum absolute atomic E-state index is 14.9. The Hall–Kier alpha value is -3.94. The highest BCUT2D eigenvalue weighted by atomic mass is 16.2. The Morgan fingerprint density at radius 1 is 0.409 bits per heavy atom. The van der Waals surface area contributed by atoms with E-state index in [9.17, 15) is 9.59 Å². The molecule has 224 valence electrons. The zero-order valence-corrected chi connectivity index (χ0v) is 26.0. The minimum Gasteiger partial charge on any atom is -0.293 e. The van der Waals surface area contributed by atoms with Gasteiger partial charge in [0.2, 0.25) is 0 Å².